The van der Waals surface area contributed by atoms with Crippen molar-refractivity contribution in [2.24, 2.45) is 0 Å². The topological polar surface area (TPSA) is 41.1 Å². The van der Waals surface area contributed by atoms with Gasteiger partial charge in [0.2, 0.25) is 5.91 Å². The number of aryl methyl sites for hydroxylation is 2. The van der Waals surface area contributed by atoms with Crippen molar-refractivity contribution in [2.45, 2.75) is 19.8 Å². The molecule has 3 aromatic carbocycles. The predicted molar refractivity (Wildman–Crippen MR) is 115 cm³/mol. The van der Waals surface area contributed by atoms with Crippen LogP contribution in [0.1, 0.15) is 28.2 Å². The molecule has 136 valence electrons. The second kappa shape index (κ2) is 8.60. The van der Waals surface area contributed by atoms with Crippen LogP contribution >= 0.6 is 12.2 Å². The summed E-state index contributed by atoms with van der Waals surface area (Å²) in [7, 11) is 0. The van der Waals surface area contributed by atoms with Crippen LogP contribution in [0.2, 0.25) is 0 Å². The number of hydrogen-bond donors (Lipinski definition) is 2. The summed E-state index contributed by atoms with van der Waals surface area (Å²) in [5, 5.41) is 6.25. The van der Waals surface area contributed by atoms with Crippen LogP contribution in [0.25, 0.3) is 0 Å². The zero-order valence-electron chi connectivity index (χ0n) is 15.4. The SMILES string of the molecule is Cc1cc(C)cc(NC(=S)NC(=O)C(c2ccccc2)c2ccccc2)c1. The zero-order valence-corrected chi connectivity index (χ0v) is 16.2. The summed E-state index contributed by atoms with van der Waals surface area (Å²) < 4.78 is 0. The lowest BCUT2D eigenvalue weighted by Crippen LogP contribution is -2.37. The minimum atomic E-state index is -0.425. The lowest BCUT2D eigenvalue weighted by Gasteiger charge is -2.19. The van der Waals surface area contributed by atoms with E-state index in [0.717, 1.165) is 27.9 Å². The van der Waals surface area contributed by atoms with Gasteiger partial charge in [0.1, 0.15) is 0 Å². The highest BCUT2D eigenvalue weighted by Crippen LogP contribution is 2.24. The molecule has 27 heavy (non-hydrogen) atoms. The van der Waals surface area contributed by atoms with Gasteiger partial charge in [-0.3, -0.25) is 4.79 Å². The van der Waals surface area contributed by atoms with Gasteiger partial charge in [-0.15, -0.1) is 0 Å². The van der Waals surface area contributed by atoms with Gasteiger partial charge in [0.25, 0.3) is 0 Å². The summed E-state index contributed by atoms with van der Waals surface area (Å²) in [5.74, 6) is -0.583. The van der Waals surface area contributed by atoms with Gasteiger partial charge in [-0.1, -0.05) is 66.7 Å². The fourth-order valence-electron chi connectivity index (χ4n) is 3.18. The van der Waals surface area contributed by atoms with E-state index in [1.807, 2.05) is 86.6 Å². The molecule has 0 saturated carbocycles. The molecule has 3 aromatic rings. The third kappa shape index (κ3) is 5.02. The minimum absolute atomic E-state index is 0.158. The molecule has 0 heterocycles. The van der Waals surface area contributed by atoms with Gasteiger partial charge in [0, 0.05) is 5.69 Å². The maximum absolute atomic E-state index is 13.0. The summed E-state index contributed by atoms with van der Waals surface area (Å²) in [4.78, 5) is 13.0. The largest absolute Gasteiger partial charge is 0.332 e. The van der Waals surface area contributed by atoms with E-state index in [-0.39, 0.29) is 5.91 Å². The maximum Gasteiger partial charge on any atom is 0.238 e. The monoisotopic (exact) mass is 374 g/mol. The van der Waals surface area contributed by atoms with E-state index >= 15 is 0 Å². The number of amides is 1. The summed E-state index contributed by atoms with van der Waals surface area (Å²) in [6, 6.07) is 25.5. The average molecular weight is 375 g/mol. The number of thiocarbonyl (C=S) groups is 1. The van der Waals surface area contributed by atoms with E-state index in [1.165, 1.54) is 0 Å². The first-order valence-corrected chi connectivity index (χ1v) is 9.24. The van der Waals surface area contributed by atoms with E-state index in [0.29, 0.717) is 5.11 Å². The van der Waals surface area contributed by atoms with Crippen molar-refractivity contribution in [1.29, 1.82) is 0 Å². The molecule has 0 aliphatic heterocycles. The van der Waals surface area contributed by atoms with Gasteiger partial charge in [-0.05, 0) is 60.5 Å². The smallest absolute Gasteiger partial charge is 0.238 e. The molecule has 0 radical (unpaired) electrons. The van der Waals surface area contributed by atoms with Crippen molar-refractivity contribution in [1.82, 2.24) is 5.32 Å². The maximum atomic E-state index is 13.0. The second-order valence-electron chi connectivity index (χ2n) is 6.57. The molecule has 0 fully saturated rings. The van der Waals surface area contributed by atoms with Crippen LogP contribution in [-0.2, 0) is 4.79 Å². The van der Waals surface area contributed by atoms with E-state index in [1.54, 1.807) is 0 Å². The van der Waals surface area contributed by atoms with Crippen LogP contribution in [-0.4, -0.2) is 11.0 Å². The number of benzene rings is 3. The summed E-state index contributed by atoms with van der Waals surface area (Å²) >= 11 is 5.37. The number of nitrogens with one attached hydrogen (secondary N) is 2. The van der Waals surface area contributed by atoms with Crippen molar-refractivity contribution >= 4 is 28.9 Å². The Hall–Kier alpha value is -2.98. The van der Waals surface area contributed by atoms with E-state index in [9.17, 15) is 4.79 Å². The molecule has 0 unspecified atom stereocenters. The van der Waals surface area contributed by atoms with E-state index in [2.05, 4.69) is 16.7 Å². The third-order valence-electron chi connectivity index (χ3n) is 4.24. The molecule has 2 N–H and O–H groups in total. The highest BCUT2D eigenvalue weighted by molar-refractivity contribution is 7.80. The van der Waals surface area contributed by atoms with Crippen molar-refractivity contribution in [2.75, 3.05) is 5.32 Å². The van der Waals surface area contributed by atoms with E-state index < -0.39 is 5.92 Å². The van der Waals surface area contributed by atoms with Gasteiger partial charge in [-0.2, -0.15) is 0 Å². The molecular weight excluding hydrogens is 352 g/mol. The fraction of sp³-hybridized carbons (Fsp3) is 0.130. The Kier molecular flexibility index (Phi) is 5.99. The highest BCUT2D eigenvalue weighted by Gasteiger charge is 2.23. The van der Waals surface area contributed by atoms with Crippen molar-refractivity contribution in [3.63, 3.8) is 0 Å². The number of anilines is 1. The number of carbonyl (C=O) groups is 1. The Bertz CT molecular complexity index is 879. The predicted octanol–water partition coefficient (Wildman–Crippen LogP) is 4.95. The number of carbonyl (C=O) groups excluding carboxylic acids is 1. The quantitative estimate of drug-likeness (QED) is 0.635. The number of hydrogen-bond acceptors (Lipinski definition) is 2. The lowest BCUT2D eigenvalue weighted by atomic mass is 9.90. The molecular formula is C23H22N2OS. The van der Waals surface area contributed by atoms with Gasteiger partial charge in [-0.25, -0.2) is 0 Å². The van der Waals surface area contributed by atoms with Crippen molar-refractivity contribution < 1.29 is 4.79 Å². The standard InChI is InChI=1S/C23H22N2OS/c1-16-13-17(2)15-20(14-16)24-23(27)25-22(26)21(18-9-5-3-6-10-18)19-11-7-4-8-12-19/h3-15,21H,1-2H3,(H2,24,25,26,27). The van der Waals surface area contributed by atoms with Gasteiger partial charge >= 0.3 is 0 Å². The summed E-state index contributed by atoms with van der Waals surface area (Å²) in [6.45, 7) is 4.06. The van der Waals surface area contributed by atoms with Crippen molar-refractivity contribution in [3.05, 3.63) is 101 Å². The van der Waals surface area contributed by atoms with Crippen LogP contribution in [0.5, 0.6) is 0 Å². The van der Waals surface area contributed by atoms with Crippen LogP contribution in [0.15, 0.2) is 78.9 Å². The van der Waals surface area contributed by atoms with Crippen LogP contribution < -0.4 is 10.6 Å². The molecule has 0 atom stereocenters. The molecule has 0 saturated heterocycles. The molecule has 0 aliphatic rings. The van der Waals surface area contributed by atoms with Crippen LogP contribution in [0, 0.1) is 13.8 Å². The first-order valence-electron chi connectivity index (χ1n) is 8.83. The van der Waals surface area contributed by atoms with Crippen LogP contribution in [0.4, 0.5) is 5.69 Å². The zero-order chi connectivity index (χ0) is 19.2. The molecule has 3 rings (SSSR count). The average Bonchev–Trinajstić information content (AvgIpc) is 2.62. The number of rotatable bonds is 4. The molecule has 0 aliphatic carbocycles. The Labute approximate surface area is 165 Å². The van der Waals surface area contributed by atoms with Crippen LogP contribution in [0.3, 0.4) is 0 Å². The summed E-state index contributed by atoms with van der Waals surface area (Å²) in [6.07, 6.45) is 0. The molecule has 4 heteroatoms. The molecule has 0 spiro atoms. The second-order valence-corrected chi connectivity index (χ2v) is 6.98. The van der Waals surface area contributed by atoms with Gasteiger partial charge in [0.05, 0.1) is 5.92 Å². The highest BCUT2D eigenvalue weighted by atomic mass is 32.1. The lowest BCUT2D eigenvalue weighted by molar-refractivity contribution is -0.120. The summed E-state index contributed by atoms with van der Waals surface area (Å²) in [5.41, 5.74) is 5.00. The molecule has 0 bridgehead atoms. The first-order chi connectivity index (χ1) is 13.0. The van der Waals surface area contributed by atoms with Gasteiger partial charge < -0.3 is 10.6 Å². The van der Waals surface area contributed by atoms with E-state index in [4.69, 9.17) is 12.2 Å². The Morgan fingerprint density at radius 1 is 0.815 bits per heavy atom. The Morgan fingerprint density at radius 2 is 1.30 bits per heavy atom. The van der Waals surface area contributed by atoms with Crippen molar-refractivity contribution in [3.8, 4) is 0 Å². The normalized spacial score (nSPS) is 10.5. The Balaban J connectivity index is 1.79. The molecule has 0 aromatic heterocycles. The van der Waals surface area contributed by atoms with Gasteiger partial charge in [0.15, 0.2) is 5.11 Å². The third-order valence-corrected chi connectivity index (χ3v) is 4.45. The minimum Gasteiger partial charge on any atom is -0.332 e. The Morgan fingerprint density at radius 3 is 1.78 bits per heavy atom. The fourth-order valence-corrected chi connectivity index (χ4v) is 3.40. The molecule has 1 amide bonds. The first kappa shape index (κ1) is 18.8. The molecule has 3 nitrogen and oxygen atoms in total.